The van der Waals surface area contributed by atoms with Crippen LogP contribution in [0.25, 0.3) is 0 Å². The Kier molecular flexibility index (Phi) is 63.7. The summed E-state index contributed by atoms with van der Waals surface area (Å²) >= 11 is 0. The fourth-order valence-electron chi connectivity index (χ4n) is 11.1. The minimum absolute atomic E-state index is 0.104. The van der Waals surface area contributed by atoms with Gasteiger partial charge in [-0.2, -0.15) is 0 Å². The summed E-state index contributed by atoms with van der Waals surface area (Å²) in [5.41, 5.74) is 0. The normalized spacial score (nSPS) is 14.4. The van der Waals surface area contributed by atoms with Crippen LogP contribution in [-0.4, -0.2) is 96.7 Å². The van der Waals surface area contributed by atoms with Crippen molar-refractivity contribution in [1.29, 1.82) is 0 Å². The van der Waals surface area contributed by atoms with Crippen molar-refractivity contribution in [3.63, 3.8) is 0 Å². The molecule has 0 bridgehead atoms. The maximum atomic E-state index is 13.1. The second-order valence-electron chi connectivity index (χ2n) is 27.1. The molecule has 0 aromatic carbocycles. The van der Waals surface area contributed by atoms with Crippen molar-refractivity contribution < 1.29 is 80.2 Å². The van der Waals surface area contributed by atoms with Crippen LogP contribution >= 0.6 is 15.6 Å². The first kappa shape index (κ1) is 90.1. The van der Waals surface area contributed by atoms with Gasteiger partial charge >= 0.3 is 39.5 Å². The van der Waals surface area contributed by atoms with Gasteiger partial charge in [0.05, 0.1) is 26.4 Å². The fourth-order valence-corrected chi connectivity index (χ4v) is 12.7. The largest absolute Gasteiger partial charge is 0.472 e. The molecule has 0 saturated heterocycles. The Morgan fingerprint density at radius 1 is 0.315 bits per heavy atom. The quantitative estimate of drug-likeness (QED) is 0.0222. The van der Waals surface area contributed by atoms with Crippen molar-refractivity contribution in [2.75, 3.05) is 39.6 Å². The molecule has 0 spiro atoms. The van der Waals surface area contributed by atoms with Crippen LogP contribution < -0.4 is 0 Å². The van der Waals surface area contributed by atoms with Crippen LogP contribution in [0.5, 0.6) is 0 Å². The molecule has 17 nitrogen and oxygen atoms in total. The number of phosphoric ester groups is 2. The van der Waals surface area contributed by atoms with E-state index in [1.54, 1.807) is 0 Å². The summed E-state index contributed by atoms with van der Waals surface area (Å²) < 4.78 is 68.2. The zero-order chi connectivity index (χ0) is 67.9. The van der Waals surface area contributed by atoms with E-state index < -0.39 is 97.5 Å². The first-order chi connectivity index (χ1) is 44.4. The first-order valence-electron chi connectivity index (χ1n) is 38.0. The number of aliphatic hydroxyl groups excluding tert-OH is 1. The summed E-state index contributed by atoms with van der Waals surface area (Å²) in [7, 11) is -9.90. The summed E-state index contributed by atoms with van der Waals surface area (Å²) in [4.78, 5) is 72.4. The number of hydrogen-bond donors (Lipinski definition) is 3. The van der Waals surface area contributed by atoms with Gasteiger partial charge in [0, 0.05) is 25.7 Å². The monoisotopic (exact) mass is 1350 g/mol. The molecule has 0 rings (SSSR count). The molecule has 3 N–H and O–H groups in total. The van der Waals surface area contributed by atoms with Crippen molar-refractivity contribution in [3.05, 3.63) is 0 Å². The lowest BCUT2D eigenvalue weighted by molar-refractivity contribution is -0.161. The molecule has 0 aromatic rings. The van der Waals surface area contributed by atoms with Gasteiger partial charge in [0.25, 0.3) is 0 Å². The summed E-state index contributed by atoms with van der Waals surface area (Å²) in [5, 5.41) is 10.6. The molecule has 92 heavy (non-hydrogen) atoms. The molecule has 6 atom stereocenters. The smallest absolute Gasteiger partial charge is 0.462 e. The second-order valence-corrected chi connectivity index (χ2v) is 30.0. The van der Waals surface area contributed by atoms with Gasteiger partial charge in [-0.25, -0.2) is 9.13 Å². The highest BCUT2D eigenvalue weighted by molar-refractivity contribution is 7.47. The fraction of sp³-hybridized carbons (Fsp3) is 0.945. The summed E-state index contributed by atoms with van der Waals surface area (Å²) in [6.07, 6.45) is 51.8. The van der Waals surface area contributed by atoms with Crippen molar-refractivity contribution >= 4 is 39.5 Å². The Morgan fingerprint density at radius 2 is 0.554 bits per heavy atom. The van der Waals surface area contributed by atoms with Gasteiger partial charge in [0.15, 0.2) is 12.2 Å². The molecule has 0 radical (unpaired) electrons. The van der Waals surface area contributed by atoms with Gasteiger partial charge in [-0.05, 0) is 37.5 Å². The van der Waals surface area contributed by atoms with Gasteiger partial charge in [-0.3, -0.25) is 37.3 Å². The van der Waals surface area contributed by atoms with Crippen molar-refractivity contribution in [1.82, 2.24) is 0 Å². The molecule has 19 heteroatoms. The molecule has 546 valence electrons. The van der Waals surface area contributed by atoms with E-state index in [4.69, 9.17) is 37.0 Å². The van der Waals surface area contributed by atoms with Crippen molar-refractivity contribution in [3.8, 4) is 0 Å². The molecule has 0 aromatic heterocycles. The molecule has 3 unspecified atom stereocenters. The van der Waals surface area contributed by atoms with Crippen molar-refractivity contribution in [2.45, 2.75) is 394 Å². The maximum Gasteiger partial charge on any atom is 0.472 e. The minimum atomic E-state index is -4.95. The maximum absolute atomic E-state index is 13.1. The lowest BCUT2D eigenvalue weighted by Crippen LogP contribution is -2.30. The number of hydrogen-bond acceptors (Lipinski definition) is 15. The molecular weight excluding hydrogens is 1210 g/mol. The van der Waals surface area contributed by atoms with Gasteiger partial charge in [0.1, 0.15) is 19.3 Å². The van der Waals surface area contributed by atoms with E-state index in [0.29, 0.717) is 25.7 Å². The number of ether oxygens (including phenoxy) is 4. The third-order valence-electron chi connectivity index (χ3n) is 17.3. The Bertz CT molecular complexity index is 1790. The number of rotatable bonds is 72. The van der Waals surface area contributed by atoms with E-state index in [9.17, 15) is 43.2 Å². The first-order valence-corrected chi connectivity index (χ1v) is 41.0. The summed E-state index contributed by atoms with van der Waals surface area (Å²) in [6.45, 7) is 9.48. The Hall–Kier alpha value is -1.94. The highest BCUT2D eigenvalue weighted by Gasteiger charge is 2.30. The number of esters is 4. The van der Waals surface area contributed by atoms with Crippen molar-refractivity contribution in [2.24, 2.45) is 11.8 Å². The number of unbranched alkanes of at least 4 members (excludes halogenated alkanes) is 41. The molecule has 0 saturated carbocycles. The van der Waals surface area contributed by atoms with E-state index in [0.717, 1.165) is 108 Å². The molecule has 0 heterocycles. The standard InChI is InChI=1S/C73H142O17P2/c1-7-10-12-14-15-16-17-18-19-20-21-22-23-24-25-26-29-33-39-45-51-57-72(77)90-69(62-84-71(76)56-50-44-38-32-30-27-28-31-36-42-47-53-65(4)5)64-88-92(81,82)86-60-67(74)59-85-91(79,80)87-63-68(61-83-70(75)55-49-41-13-11-8-2)89-73(78)58-52-46-40-35-34-37-43-48-54-66(6)9-3/h65-69,74H,7-64H2,1-6H3,(H,79,80)(H,81,82)/t66?,67-,68+,69+/m0/s1. The van der Waals surface area contributed by atoms with Crippen LogP contribution in [0, 0.1) is 11.8 Å². The number of carbonyl (C=O) groups is 4. The Labute approximate surface area is 562 Å². The number of carbonyl (C=O) groups excluding carboxylic acids is 4. The Morgan fingerprint density at radius 3 is 0.826 bits per heavy atom. The van der Waals surface area contributed by atoms with Gasteiger partial charge in [-0.15, -0.1) is 0 Å². The topological polar surface area (TPSA) is 237 Å². The SMILES string of the molecule is CCCCCCCCCCCCCCCCCCCCCCCC(=O)O[C@H](COC(=O)CCCCCCCCCCCCCC(C)C)COP(=O)(O)OC[C@@H](O)COP(=O)(O)OC[C@@H](COC(=O)CCCCCCC)OC(=O)CCCCCCCCCCC(C)CC. The zero-order valence-electron chi connectivity index (χ0n) is 59.9. The highest BCUT2D eigenvalue weighted by Crippen LogP contribution is 2.45. The van der Waals surface area contributed by atoms with Crippen LogP contribution in [0.3, 0.4) is 0 Å². The van der Waals surface area contributed by atoms with Crippen LogP contribution in [0.2, 0.25) is 0 Å². The Balaban J connectivity index is 5.12. The lowest BCUT2D eigenvalue weighted by Gasteiger charge is -2.21. The minimum Gasteiger partial charge on any atom is -0.462 e. The summed E-state index contributed by atoms with van der Waals surface area (Å²) in [5.74, 6) is -0.593. The number of aliphatic hydroxyl groups is 1. The van der Waals surface area contributed by atoms with E-state index in [2.05, 4.69) is 41.5 Å². The van der Waals surface area contributed by atoms with E-state index in [1.807, 2.05) is 0 Å². The molecule has 0 fully saturated rings. The highest BCUT2D eigenvalue weighted by atomic mass is 31.2. The average Bonchev–Trinajstić information content (AvgIpc) is 1.75. The molecule has 0 aliphatic heterocycles. The third-order valence-corrected chi connectivity index (χ3v) is 19.2. The molecule has 0 amide bonds. The second kappa shape index (κ2) is 65.0. The van der Waals surface area contributed by atoms with Crippen LogP contribution in [0.1, 0.15) is 375 Å². The predicted molar refractivity (Wildman–Crippen MR) is 372 cm³/mol. The molecule has 0 aliphatic carbocycles. The van der Waals surface area contributed by atoms with Gasteiger partial charge < -0.3 is 33.8 Å². The zero-order valence-corrected chi connectivity index (χ0v) is 61.6. The van der Waals surface area contributed by atoms with Gasteiger partial charge in [0.2, 0.25) is 0 Å². The predicted octanol–water partition coefficient (Wildman–Crippen LogP) is 21.2. The number of phosphoric acid groups is 2. The van der Waals surface area contributed by atoms with E-state index >= 15 is 0 Å². The van der Waals surface area contributed by atoms with E-state index in [1.165, 1.54) is 186 Å². The van der Waals surface area contributed by atoms with Crippen LogP contribution in [-0.2, 0) is 65.4 Å². The third kappa shape index (κ3) is 65.4. The summed E-state index contributed by atoms with van der Waals surface area (Å²) in [6, 6.07) is 0. The van der Waals surface area contributed by atoms with Crippen LogP contribution in [0.4, 0.5) is 0 Å². The molecule has 0 aliphatic rings. The van der Waals surface area contributed by atoms with E-state index in [-0.39, 0.29) is 25.7 Å². The average molecular weight is 1350 g/mol. The lowest BCUT2D eigenvalue weighted by atomic mass is 9.99. The van der Waals surface area contributed by atoms with Gasteiger partial charge in [-0.1, -0.05) is 324 Å². The molecular formula is C73H142O17P2. The van der Waals surface area contributed by atoms with Crippen LogP contribution in [0.15, 0.2) is 0 Å².